The molecule has 4 aromatic rings. The first-order valence-corrected chi connectivity index (χ1v) is 13.7. The van der Waals surface area contributed by atoms with E-state index < -0.39 is 6.17 Å². The average molecular weight is 568 g/mol. The minimum absolute atomic E-state index is 0.136. The second kappa shape index (κ2) is 11.2. The van der Waals surface area contributed by atoms with E-state index in [9.17, 15) is 4.79 Å². The third kappa shape index (κ3) is 5.44. The highest BCUT2D eigenvalue weighted by Gasteiger charge is 2.29. The standard InChI is InChI=1S/C30H29N7O3S/c1-19-4-6-21(7-5-19)18-36-11-13-37(14-12-36)30(41)33-26-28(38)35(2)24-9-8-20-10-15-40-27-23(17-31-29(34-27)39-3)25(32-26)22(24)16-20/h4-9,16-17,26H,11-14,18H2,1-3H3,(H,33,41). The Balaban J connectivity index is 1.31. The van der Waals surface area contributed by atoms with Gasteiger partial charge in [-0.15, -0.1) is 0 Å². The minimum atomic E-state index is -0.972. The fourth-order valence-electron chi connectivity index (χ4n) is 5.05. The molecule has 2 aliphatic heterocycles. The molecule has 1 amide bonds. The molecule has 2 aliphatic rings. The highest BCUT2D eigenvalue weighted by molar-refractivity contribution is 7.80. The number of anilines is 1. The van der Waals surface area contributed by atoms with Crippen molar-refractivity contribution in [3.8, 4) is 6.01 Å². The molecule has 1 unspecified atom stereocenters. The molecule has 1 N–H and O–H groups in total. The number of nitrogens with zero attached hydrogens (tertiary/aromatic N) is 6. The molecule has 6 rings (SSSR count). The summed E-state index contributed by atoms with van der Waals surface area (Å²) in [5, 5.41) is 6.13. The summed E-state index contributed by atoms with van der Waals surface area (Å²) in [7, 11) is 3.21. The number of piperazine rings is 1. The number of aromatic nitrogens is 2. The summed E-state index contributed by atoms with van der Waals surface area (Å²) in [5.74, 6) is -0.241. The summed E-state index contributed by atoms with van der Waals surface area (Å²) in [4.78, 5) is 33.3. The van der Waals surface area contributed by atoms with E-state index in [0.717, 1.165) is 38.1 Å². The van der Waals surface area contributed by atoms with Crippen LogP contribution in [0, 0.1) is 19.3 Å². The lowest BCUT2D eigenvalue weighted by Gasteiger charge is -2.37. The lowest BCUT2D eigenvalue weighted by atomic mass is 10.1. The van der Waals surface area contributed by atoms with Crippen LogP contribution >= 0.6 is 12.2 Å². The summed E-state index contributed by atoms with van der Waals surface area (Å²) in [6, 6.07) is 17.3. The number of thiocarbonyl (C=S) groups is 1. The fraction of sp³-hybridized carbons (Fsp3) is 0.300. The monoisotopic (exact) mass is 567 g/mol. The number of amides is 1. The molecule has 208 valence electrons. The van der Waals surface area contributed by atoms with E-state index in [1.807, 2.05) is 18.2 Å². The predicted molar refractivity (Wildman–Crippen MR) is 159 cm³/mol. The van der Waals surface area contributed by atoms with Crippen LogP contribution in [0.5, 0.6) is 6.01 Å². The zero-order valence-electron chi connectivity index (χ0n) is 23.0. The quantitative estimate of drug-likeness (QED) is 0.373. The Bertz CT molecular complexity index is 1730. The van der Waals surface area contributed by atoms with E-state index in [2.05, 4.69) is 68.6 Å². The Morgan fingerprint density at radius 3 is 2.68 bits per heavy atom. The molecule has 0 spiro atoms. The highest BCUT2D eigenvalue weighted by atomic mass is 32.1. The molecule has 11 heteroatoms. The Labute approximate surface area is 242 Å². The first kappa shape index (κ1) is 26.7. The van der Waals surface area contributed by atoms with Gasteiger partial charge in [-0.1, -0.05) is 29.8 Å². The second-order valence-corrected chi connectivity index (χ2v) is 10.5. The molecule has 0 radical (unpaired) electrons. The van der Waals surface area contributed by atoms with Crippen molar-refractivity contribution in [1.82, 2.24) is 25.1 Å². The number of carbonyl (C=O) groups excluding carboxylic acids is 1. The topological polar surface area (TPSA) is 99.3 Å². The molecule has 1 atom stereocenters. The first-order chi connectivity index (χ1) is 19.9. The van der Waals surface area contributed by atoms with Gasteiger partial charge in [0.25, 0.3) is 5.91 Å². The lowest BCUT2D eigenvalue weighted by Crippen LogP contribution is -2.55. The maximum Gasteiger partial charge on any atom is 0.319 e. The van der Waals surface area contributed by atoms with Crippen molar-refractivity contribution in [3.63, 3.8) is 0 Å². The number of ether oxygens (including phenoxy) is 1. The number of fused-ring (bicyclic) bond motifs is 3. The number of carbonyl (C=O) groups is 1. The Morgan fingerprint density at radius 1 is 1.15 bits per heavy atom. The number of benzene rings is 2. The van der Waals surface area contributed by atoms with Gasteiger partial charge >= 0.3 is 6.01 Å². The van der Waals surface area contributed by atoms with Gasteiger partial charge in [-0.2, -0.15) is 4.98 Å². The van der Waals surface area contributed by atoms with E-state index in [1.54, 1.807) is 18.1 Å². The Morgan fingerprint density at radius 2 is 1.93 bits per heavy atom. The number of methoxy groups -OCH3 is 1. The molecule has 2 aromatic heterocycles. The maximum atomic E-state index is 13.7. The van der Waals surface area contributed by atoms with Crippen LogP contribution in [-0.4, -0.2) is 77.3 Å². The molecule has 2 bridgehead atoms. The zero-order valence-corrected chi connectivity index (χ0v) is 23.9. The van der Waals surface area contributed by atoms with Gasteiger partial charge in [0, 0.05) is 56.7 Å². The molecule has 0 aliphatic carbocycles. The van der Waals surface area contributed by atoms with Gasteiger partial charge in [0.1, 0.15) is 6.26 Å². The van der Waals surface area contributed by atoms with Crippen LogP contribution in [0.4, 0.5) is 5.69 Å². The van der Waals surface area contributed by atoms with E-state index in [0.29, 0.717) is 26.9 Å². The Kier molecular flexibility index (Phi) is 7.26. The van der Waals surface area contributed by atoms with Crippen molar-refractivity contribution in [2.75, 3.05) is 45.2 Å². The van der Waals surface area contributed by atoms with E-state index >= 15 is 0 Å². The maximum absolute atomic E-state index is 13.7. The number of hydrogen-bond donors (Lipinski definition) is 1. The van der Waals surface area contributed by atoms with Gasteiger partial charge in [-0.05, 0) is 49.0 Å². The van der Waals surface area contributed by atoms with Crippen LogP contribution < -0.4 is 20.3 Å². The van der Waals surface area contributed by atoms with Gasteiger partial charge in [0.2, 0.25) is 11.9 Å². The van der Waals surface area contributed by atoms with Crippen LogP contribution in [-0.2, 0) is 11.3 Å². The largest absolute Gasteiger partial charge is 0.467 e. The van der Waals surface area contributed by atoms with Gasteiger partial charge in [0.05, 0.1) is 23.5 Å². The SMILES string of the molecule is COc1ncc2c3c4cc(c#coc2n1)ccc4N(C)C(=O)C(NC(=S)N1CCN(Cc2ccc(C)cc2)CC1)N=3. The molecule has 4 heterocycles. The molecule has 1 saturated heterocycles. The number of aryl methyl sites for hydroxylation is 1. The summed E-state index contributed by atoms with van der Waals surface area (Å²) < 4.78 is 10.9. The van der Waals surface area contributed by atoms with Crippen LogP contribution in [0.15, 0.2) is 58.1 Å². The predicted octanol–water partition coefficient (Wildman–Crippen LogP) is 2.75. The molecule has 1 fully saturated rings. The highest BCUT2D eigenvalue weighted by Crippen LogP contribution is 2.24. The van der Waals surface area contributed by atoms with Crippen LogP contribution in [0.25, 0.3) is 21.9 Å². The molecular weight excluding hydrogens is 538 g/mol. The summed E-state index contributed by atoms with van der Waals surface area (Å²) >= 11 is 5.80. The smallest absolute Gasteiger partial charge is 0.319 e. The van der Waals surface area contributed by atoms with Crippen molar-refractivity contribution in [3.05, 3.63) is 77.5 Å². The minimum Gasteiger partial charge on any atom is -0.467 e. The second-order valence-electron chi connectivity index (χ2n) is 10.1. The third-order valence-corrected chi connectivity index (χ3v) is 7.77. The van der Waals surface area contributed by atoms with Crippen molar-refractivity contribution in [1.29, 1.82) is 0 Å². The van der Waals surface area contributed by atoms with E-state index in [-0.39, 0.29) is 17.6 Å². The first-order valence-electron chi connectivity index (χ1n) is 13.3. The van der Waals surface area contributed by atoms with Crippen molar-refractivity contribution in [2.24, 2.45) is 4.99 Å². The van der Waals surface area contributed by atoms with Crippen LogP contribution in [0.1, 0.15) is 11.1 Å². The van der Waals surface area contributed by atoms with E-state index in [1.165, 1.54) is 18.2 Å². The lowest BCUT2D eigenvalue weighted by molar-refractivity contribution is -0.119. The summed E-state index contributed by atoms with van der Waals surface area (Å²) in [6.07, 6.45) is 3.29. The van der Waals surface area contributed by atoms with E-state index in [4.69, 9.17) is 26.4 Å². The normalized spacial score (nSPS) is 17.0. The zero-order chi connectivity index (χ0) is 28.5. The van der Waals surface area contributed by atoms with Crippen molar-refractivity contribution >= 4 is 50.8 Å². The Hall–Kier alpha value is -4.53. The van der Waals surface area contributed by atoms with Gasteiger partial charge in [0.15, 0.2) is 5.11 Å². The summed E-state index contributed by atoms with van der Waals surface area (Å²) in [5.41, 5.74) is 3.43. The van der Waals surface area contributed by atoms with Crippen LogP contribution in [0.2, 0.25) is 0 Å². The molecule has 0 saturated carbocycles. The molecule has 2 aromatic carbocycles. The molecule has 10 nitrogen and oxygen atoms in total. The molecule has 41 heavy (non-hydrogen) atoms. The number of rotatable bonds is 4. The summed E-state index contributed by atoms with van der Waals surface area (Å²) in [6.45, 7) is 6.21. The van der Waals surface area contributed by atoms with Crippen molar-refractivity contribution in [2.45, 2.75) is 19.6 Å². The third-order valence-electron chi connectivity index (χ3n) is 7.39. The van der Waals surface area contributed by atoms with Gasteiger partial charge < -0.3 is 24.3 Å². The number of nitrogens with one attached hydrogen (secondary N) is 1. The fourth-order valence-corrected chi connectivity index (χ4v) is 5.35. The molecular formula is C30H29N7O3S. The van der Waals surface area contributed by atoms with Crippen LogP contribution in [0.3, 0.4) is 0 Å². The van der Waals surface area contributed by atoms with Gasteiger partial charge in [-0.25, -0.2) is 9.98 Å². The average Bonchev–Trinajstić information content (AvgIpc) is 3.05. The number of likely N-dealkylation sites (N-methyl/N-ethyl adjacent to an activating group) is 1. The van der Waals surface area contributed by atoms with Crippen molar-refractivity contribution < 1.29 is 13.9 Å². The van der Waals surface area contributed by atoms with Gasteiger partial charge in [-0.3, -0.25) is 9.69 Å². The number of hydrogen-bond acceptors (Lipinski definition) is 8.